The van der Waals surface area contributed by atoms with Crippen LogP contribution >= 0.6 is 0 Å². The van der Waals surface area contributed by atoms with Crippen LogP contribution < -0.4 is 4.74 Å². The van der Waals surface area contributed by atoms with Gasteiger partial charge in [0.25, 0.3) is 0 Å². The highest BCUT2D eigenvalue weighted by Gasteiger charge is 2.51. The van der Waals surface area contributed by atoms with E-state index in [1.807, 2.05) is 38.1 Å². The molecule has 0 radical (unpaired) electrons. The molecule has 0 unspecified atom stereocenters. The molecule has 1 heterocycles. The van der Waals surface area contributed by atoms with E-state index >= 15 is 0 Å². The number of carbonyl (C=O) groups is 2. The first-order valence-electron chi connectivity index (χ1n) is 7.43. The maximum atomic E-state index is 12.2. The van der Waals surface area contributed by atoms with Crippen molar-refractivity contribution in [2.24, 2.45) is 11.3 Å². The summed E-state index contributed by atoms with van der Waals surface area (Å²) in [6, 6.07) is 7.69. The number of cyclic esters (lactones) is 1. The molecule has 1 aromatic rings. The van der Waals surface area contributed by atoms with Crippen molar-refractivity contribution in [2.45, 2.75) is 32.3 Å². The highest BCUT2D eigenvalue weighted by Crippen LogP contribution is 2.49. The number of ether oxygens (including phenoxy) is 3. The first-order chi connectivity index (χ1) is 10.4. The van der Waals surface area contributed by atoms with E-state index in [0.29, 0.717) is 0 Å². The molecule has 0 bridgehead atoms. The number of methoxy groups -OCH3 is 1. The Morgan fingerprint density at radius 1 is 1.27 bits per heavy atom. The van der Waals surface area contributed by atoms with Crippen LogP contribution in [0.3, 0.4) is 0 Å². The summed E-state index contributed by atoms with van der Waals surface area (Å²) in [5.74, 6) is 0.0354. The fraction of sp³-hybridized carbons (Fsp3) is 0.529. The number of esters is 2. The van der Waals surface area contributed by atoms with E-state index < -0.39 is 17.5 Å². The van der Waals surface area contributed by atoms with Crippen molar-refractivity contribution >= 4 is 11.9 Å². The van der Waals surface area contributed by atoms with E-state index in [0.717, 1.165) is 17.7 Å². The molecule has 0 amide bonds. The molecule has 0 N–H and O–H groups in total. The second kappa shape index (κ2) is 5.30. The Morgan fingerprint density at radius 3 is 2.50 bits per heavy atom. The summed E-state index contributed by atoms with van der Waals surface area (Å²) < 4.78 is 15.5. The van der Waals surface area contributed by atoms with Crippen LogP contribution in [0.1, 0.15) is 31.7 Å². The summed E-state index contributed by atoms with van der Waals surface area (Å²) in [5, 5.41) is 0. The van der Waals surface area contributed by atoms with Gasteiger partial charge in [-0.1, -0.05) is 26.0 Å². The van der Waals surface area contributed by atoms with E-state index in [9.17, 15) is 9.59 Å². The third-order valence-corrected chi connectivity index (χ3v) is 4.38. The van der Waals surface area contributed by atoms with Gasteiger partial charge >= 0.3 is 11.9 Å². The summed E-state index contributed by atoms with van der Waals surface area (Å²) in [4.78, 5) is 23.9. The average Bonchev–Trinajstić information content (AvgIpc) is 3.26. The summed E-state index contributed by atoms with van der Waals surface area (Å²) in [6.07, 6.45) is -0.0370. The zero-order chi connectivity index (χ0) is 15.9. The molecule has 2 fully saturated rings. The predicted octanol–water partition coefficient (Wildman–Crippen LogP) is 2.29. The van der Waals surface area contributed by atoms with Gasteiger partial charge in [0.15, 0.2) is 0 Å². The normalized spacial score (nSPS) is 28.9. The maximum absolute atomic E-state index is 12.2. The van der Waals surface area contributed by atoms with Crippen LogP contribution in [-0.4, -0.2) is 31.8 Å². The summed E-state index contributed by atoms with van der Waals surface area (Å²) >= 11 is 0. The topological polar surface area (TPSA) is 61.8 Å². The minimum Gasteiger partial charge on any atom is -0.497 e. The number of rotatable bonds is 4. The molecule has 3 rings (SSSR count). The van der Waals surface area contributed by atoms with E-state index in [-0.39, 0.29) is 24.4 Å². The third kappa shape index (κ3) is 2.67. The third-order valence-electron chi connectivity index (χ3n) is 4.38. The van der Waals surface area contributed by atoms with Crippen molar-refractivity contribution in [1.82, 2.24) is 0 Å². The highest BCUT2D eigenvalue weighted by atomic mass is 16.6. The molecular formula is C17H20O5. The van der Waals surface area contributed by atoms with Gasteiger partial charge in [-0.15, -0.1) is 0 Å². The molecule has 3 atom stereocenters. The number of benzene rings is 1. The first-order valence-corrected chi connectivity index (χ1v) is 7.43. The molecule has 0 aromatic heterocycles. The largest absolute Gasteiger partial charge is 0.497 e. The van der Waals surface area contributed by atoms with Gasteiger partial charge in [-0.2, -0.15) is 0 Å². The fourth-order valence-electron chi connectivity index (χ4n) is 2.81. The smallest absolute Gasteiger partial charge is 0.348 e. The molecule has 1 aliphatic carbocycles. The molecule has 118 valence electrons. The van der Waals surface area contributed by atoms with Crippen molar-refractivity contribution in [2.75, 3.05) is 13.7 Å². The van der Waals surface area contributed by atoms with Crippen LogP contribution in [0.25, 0.3) is 0 Å². The van der Waals surface area contributed by atoms with Crippen LogP contribution in [0.4, 0.5) is 0 Å². The zero-order valence-electron chi connectivity index (χ0n) is 13.0. The Labute approximate surface area is 129 Å². The first kappa shape index (κ1) is 14.9. The van der Waals surface area contributed by atoms with Crippen molar-refractivity contribution in [3.05, 3.63) is 29.8 Å². The SMILES string of the molecule is COc1ccc([C@@H]2C[C@H]2C(=O)O[C@H]2C(=O)OCC2(C)C)cc1. The van der Waals surface area contributed by atoms with Gasteiger partial charge in [0.05, 0.1) is 13.0 Å². The molecule has 1 saturated heterocycles. The van der Waals surface area contributed by atoms with Crippen LogP contribution in [0.5, 0.6) is 5.75 Å². The van der Waals surface area contributed by atoms with Crippen molar-refractivity contribution in [1.29, 1.82) is 0 Å². The van der Waals surface area contributed by atoms with Crippen molar-refractivity contribution in [3.8, 4) is 5.75 Å². The fourth-order valence-corrected chi connectivity index (χ4v) is 2.81. The van der Waals surface area contributed by atoms with Crippen molar-refractivity contribution in [3.63, 3.8) is 0 Å². The molecule has 1 aromatic carbocycles. The number of hydrogen-bond donors (Lipinski definition) is 0. The van der Waals surface area contributed by atoms with E-state index in [2.05, 4.69) is 0 Å². The lowest BCUT2D eigenvalue weighted by atomic mass is 9.90. The minimum absolute atomic E-state index is 0.166. The maximum Gasteiger partial charge on any atom is 0.348 e. The molecule has 5 heteroatoms. The molecule has 22 heavy (non-hydrogen) atoms. The second-order valence-electron chi connectivity index (χ2n) is 6.64. The molecule has 0 spiro atoms. The highest BCUT2D eigenvalue weighted by molar-refractivity contribution is 5.84. The van der Waals surface area contributed by atoms with Crippen LogP contribution in [-0.2, 0) is 19.1 Å². The van der Waals surface area contributed by atoms with Gasteiger partial charge in [0.2, 0.25) is 6.10 Å². The van der Waals surface area contributed by atoms with Gasteiger partial charge in [0, 0.05) is 5.41 Å². The summed E-state index contributed by atoms with van der Waals surface area (Å²) in [5.41, 5.74) is 0.632. The molecule has 1 aliphatic heterocycles. The Kier molecular flexibility index (Phi) is 3.59. The van der Waals surface area contributed by atoms with Gasteiger partial charge in [-0.3, -0.25) is 4.79 Å². The lowest BCUT2D eigenvalue weighted by Crippen LogP contribution is -2.35. The number of carbonyl (C=O) groups excluding carboxylic acids is 2. The minimum atomic E-state index is -0.794. The van der Waals surface area contributed by atoms with E-state index in [4.69, 9.17) is 14.2 Å². The quantitative estimate of drug-likeness (QED) is 0.799. The van der Waals surface area contributed by atoms with Crippen molar-refractivity contribution < 1.29 is 23.8 Å². The molecule has 2 aliphatic rings. The van der Waals surface area contributed by atoms with E-state index in [1.165, 1.54) is 0 Å². The lowest BCUT2D eigenvalue weighted by molar-refractivity contribution is -0.164. The van der Waals surface area contributed by atoms with Gasteiger partial charge in [-0.05, 0) is 30.0 Å². The monoisotopic (exact) mass is 304 g/mol. The Balaban J connectivity index is 1.62. The van der Waals surface area contributed by atoms with E-state index in [1.54, 1.807) is 7.11 Å². The molecule has 1 saturated carbocycles. The van der Waals surface area contributed by atoms with Gasteiger partial charge < -0.3 is 14.2 Å². The molecule has 5 nitrogen and oxygen atoms in total. The van der Waals surface area contributed by atoms with Crippen LogP contribution in [0.15, 0.2) is 24.3 Å². The van der Waals surface area contributed by atoms with Crippen LogP contribution in [0.2, 0.25) is 0 Å². The summed E-state index contributed by atoms with van der Waals surface area (Å²) in [7, 11) is 1.62. The van der Waals surface area contributed by atoms with Gasteiger partial charge in [0.1, 0.15) is 12.4 Å². The zero-order valence-corrected chi connectivity index (χ0v) is 13.0. The van der Waals surface area contributed by atoms with Gasteiger partial charge in [-0.25, -0.2) is 4.79 Å². The Bertz CT molecular complexity index is 590. The van der Waals surface area contributed by atoms with Crippen LogP contribution in [0, 0.1) is 11.3 Å². The second-order valence-corrected chi connectivity index (χ2v) is 6.64. The predicted molar refractivity (Wildman–Crippen MR) is 78.5 cm³/mol. The number of hydrogen-bond acceptors (Lipinski definition) is 5. The summed E-state index contributed by atoms with van der Waals surface area (Å²) in [6.45, 7) is 4.02. The Morgan fingerprint density at radius 2 is 1.95 bits per heavy atom. The lowest BCUT2D eigenvalue weighted by Gasteiger charge is -2.21. The Hall–Kier alpha value is -2.04. The molecular weight excluding hydrogens is 284 g/mol. The standard InChI is InChI=1S/C17H20O5/c1-17(2)9-21-16(19)14(17)22-15(18)13-8-12(13)10-4-6-11(20-3)7-5-10/h4-7,12-14H,8-9H2,1-3H3/t12-,13+,14-/m0/s1. The average molecular weight is 304 g/mol.